The van der Waals surface area contributed by atoms with Gasteiger partial charge in [0.25, 0.3) is 0 Å². The van der Waals surface area contributed by atoms with Gasteiger partial charge in [-0.2, -0.15) is 0 Å². The number of ether oxygens (including phenoxy) is 1. The molecule has 5 heteroatoms. The summed E-state index contributed by atoms with van der Waals surface area (Å²) in [6.07, 6.45) is 4.74. The second-order valence-electron chi connectivity index (χ2n) is 7.02. The van der Waals surface area contributed by atoms with Crippen LogP contribution in [0, 0.1) is 11.3 Å². The number of rotatable bonds is 4. The van der Waals surface area contributed by atoms with Crippen LogP contribution in [-0.4, -0.2) is 62.8 Å². The highest BCUT2D eigenvalue weighted by Crippen LogP contribution is 2.43. The van der Waals surface area contributed by atoms with Gasteiger partial charge in [-0.1, -0.05) is 12.8 Å². The number of morpholine rings is 1. The van der Waals surface area contributed by atoms with Crippen molar-refractivity contribution in [1.29, 1.82) is 0 Å². The van der Waals surface area contributed by atoms with Crippen LogP contribution in [0.15, 0.2) is 0 Å². The lowest BCUT2D eigenvalue weighted by molar-refractivity contribution is -0.134. The molecule has 0 spiro atoms. The molecule has 2 saturated heterocycles. The van der Waals surface area contributed by atoms with E-state index in [4.69, 9.17) is 4.74 Å². The van der Waals surface area contributed by atoms with Gasteiger partial charge in [0.05, 0.1) is 18.6 Å². The Kier molecular flexibility index (Phi) is 4.82. The van der Waals surface area contributed by atoms with Gasteiger partial charge in [-0.25, -0.2) is 0 Å². The van der Waals surface area contributed by atoms with Gasteiger partial charge >= 0.3 is 0 Å². The summed E-state index contributed by atoms with van der Waals surface area (Å²) in [5.41, 5.74) is -0.127. The van der Waals surface area contributed by atoms with E-state index in [1.807, 2.05) is 0 Å². The van der Waals surface area contributed by atoms with Crippen LogP contribution in [0.3, 0.4) is 0 Å². The number of nitrogens with one attached hydrogen (secondary N) is 2. The van der Waals surface area contributed by atoms with Crippen molar-refractivity contribution in [1.82, 2.24) is 15.5 Å². The van der Waals surface area contributed by atoms with E-state index in [2.05, 4.69) is 22.5 Å². The van der Waals surface area contributed by atoms with Gasteiger partial charge in [-0.15, -0.1) is 0 Å². The van der Waals surface area contributed by atoms with Crippen molar-refractivity contribution in [2.45, 2.75) is 38.6 Å². The van der Waals surface area contributed by atoms with Gasteiger partial charge in [-0.3, -0.25) is 9.69 Å². The number of hydrogen-bond acceptors (Lipinski definition) is 4. The molecule has 0 aromatic carbocycles. The molecule has 1 amide bonds. The fourth-order valence-electron chi connectivity index (χ4n) is 4.27. The van der Waals surface area contributed by atoms with Crippen molar-refractivity contribution in [2.24, 2.45) is 11.3 Å². The fourth-order valence-corrected chi connectivity index (χ4v) is 4.27. The van der Waals surface area contributed by atoms with Crippen LogP contribution >= 0.6 is 0 Å². The maximum absolute atomic E-state index is 12.9. The largest absolute Gasteiger partial charge is 0.379 e. The topological polar surface area (TPSA) is 53.6 Å². The first-order valence-electron chi connectivity index (χ1n) is 8.52. The summed E-state index contributed by atoms with van der Waals surface area (Å²) in [7, 11) is 0. The van der Waals surface area contributed by atoms with Crippen LogP contribution in [0.5, 0.6) is 0 Å². The average Bonchev–Trinajstić information content (AvgIpc) is 2.93. The standard InChI is InChI=1S/C16H29N3O2/c1-13(11-19-6-8-21-9-7-19)18-15(20)16-5-3-2-4-14(16)10-17-12-16/h13-14,17H,2-12H2,1H3,(H,18,20)/t13?,14-,16+/m0/s1. The third kappa shape index (κ3) is 3.25. The normalized spacial score (nSPS) is 35.2. The minimum absolute atomic E-state index is 0.127. The zero-order valence-electron chi connectivity index (χ0n) is 13.2. The highest BCUT2D eigenvalue weighted by Gasteiger charge is 2.49. The van der Waals surface area contributed by atoms with E-state index in [-0.39, 0.29) is 17.4 Å². The Hall–Kier alpha value is -0.650. The summed E-state index contributed by atoms with van der Waals surface area (Å²) >= 11 is 0. The molecule has 0 aromatic heterocycles. The van der Waals surface area contributed by atoms with Crippen molar-refractivity contribution in [2.75, 3.05) is 45.9 Å². The molecule has 3 atom stereocenters. The van der Waals surface area contributed by atoms with Crippen LogP contribution in [-0.2, 0) is 9.53 Å². The Morgan fingerprint density at radius 3 is 3.05 bits per heavy atom. The number of fused-ring (bicyclic) bond motifs is 1. The predicted octanol–water partition coefficient (Wildman–Crippen LogP) is 0.603. The molecule has 0 bridgehead atoms. The number of carbonyl (C=O) groups is 1. The Morgan fingerprint density at radius 2 is 2.24 bits per heavy atom. The Morgan fingerprint density at radius 1 is 1.43 bits per heavy atom. The van der Waals surface area contributed by atoms with Crippen molar-refractivity contribution in [3.63, 3.8) is 0 Å². The van der Waals surface area contributed by atoms with Crippen LogP contribution in [0.4, 0.5) is 0 Å². The lowest BCUT2D eigenvalue weighted by Crippen LogP contribution is -2.53. The summed E-state index contributed by atoms with van der Waals surface area (Å²) in [5.74, 6) is 0.833. The van der Waals surface area contributed by atoms with E-state index >= 15 is 0 Å². The molecule has 3 aliphatic rings. The SMILES string of the molecule is CC(CN1CCOCC1)NC(=O)[C@@]12CCCC[C@H]1CNC2. The monoisotopic (exact) mass is 295 g/mol. The average molecular weight is 295 g/mol. The predicted molar refractivity (Wildman–Crippen MR) is 82.1 cm³/mol. The number of nitrogens with zero attached hydrogens (tertiary/aromatic N) is 1. The maximum atomic E-state index is 12.9. The van der Waals surface area contributed by atoms with E-state index in [1.54, 1.807) is 0 Å². The Labute approximate surface area is 127 Å². The van der Waals surface area contributed by atoms with Gasteiger partial charge in [0.15, 0.2) is 0 Å². The molecule has 1 aliphatic carbocycles. The van der Waals surface area contributed by atoms with E-state index in [0.717, 1.165) is 52.4 Å². The molecular formula is C16H29N3O2. The van der Waals surface area contributed by atoms with Crippen LogP contribution in [0.2, 0.25) is 0 Å². The molecule has 5 nitrogen and oxygen atoms in total. The molecule has 120 valence electrons. The van der Waals surface area contributed by atoms with Gasteiger partial charge in [0.2, 0.25) is 5.91 Å². The van der Waals surface area contributed by atoms with E-state index in [9.17, 15) is 4.79 Å². The summed E-state index contributed by atoms with van der Waals surface area (Å²) in [6.45, 7) is 8.55. The van der Waals surface area contributed by atoms with Crippen LogP contribution < -0.4 is 10.6 Å². The summed E-state index contributed by atoms with van der Waals surface area (Å²) in [6, 6.07) is 0.216. The molecule has 2 heterocycles. The fraction of sp³-hybridized carbons (Fsp3) is 0.938. The molecule has 0 aromatic rings. The van der Waals surface area contributed by atoms with Crippen LogP contribution in [0.1, 0.15) is 32.6 Å². The summed E-state index contributed by atoms with van der Waals surface area (Å²) < 4.78 is 5.38. The first kappa shape index (κ1) is 15.3. The molecular weight excluding hydrogens is 266 g/mol. The van der Waals surface area contributed by atoms with Crippen molar-refractivity contribution < 1.29 is 9.53 Å². The van der Waals surface area contributed by atoms with E-state index < -0.39 is 0 Å². The first-order valence-corrected chi connectivity index (χ1v) is 8.52. The quantitative estimate of drug-likeness (QED) is 0.798. The van der Waals surface area contributed by atoms with E-state index in [1.165, 1.54) is 19.3 Å². The Bertz CT molecular complexity index is 371. The molecule has 2 N–H and O–H groups in total. The lowest BCUT2D eigenvalue weighted by atomic mass is 9.67. The number of hydrogen-bond donors (Lipinski definition) is 2. The summed E-state index contributed by atoms with van der Waals surface area (Å²) in [5, 5.41) is 6.75. The van der Waals surface area contributed by atoms with Crippen molar-refractivity contribution in [3.05, 3.63) is 0 Å². The molecule has 3 fully saturated rings. The minimum atomic E-state index is -0.127. The number of carbonyl (C=O) groups excluding carboxylic acids is 1. The lowest BCUT2D eigenvalue weighted by Gasteiger charge is -2.38. The molecule has 0 radical (unpaired) electrons. The Balaban J connectivity index is 1.54. The van der Waals surface area contributed by atoms with Crippen molar-refractivity contribution in [3.8, 4) is 0 Å². The highest BCUT2D eigenvalue weighted by molar-refractivity contribution is 5.84. The minimum Gasteiger partial charge on any atom is -0.379 e. The first-order chi connectivity index (χ1) is 10.2. The molecule has 3 rings (SSSR count). The zero-order valence-corrected chi connectivity index (χ0v) is 13.2. The second-order valence-corrected chi connectivity index (χ2v) is 7.02. The number of amides is 1. The molecule has 21 heavy (non-hydrogen) atoms. The van der Waals surface area contributed by atoms with E-state index in [0.29, 0.717) is 5.92 Å². The zero-order chi connectivity index (χ0) is 14.7. The molecule has 1 unspecified atom stereocenters. The van der Waals surface area contributed by atoms with Gasteiger partial charge < -0.3 is 15.4 Å². The molecule has 1 saturated carbocycles. The third-order valence-corrected chi connectivity index (χ3v) is 5.50. The maximum Gasteiger partial charge on any atom is 0.228 e. The van der Waals surface area contributed by atoms with Gasteiger partial charge in [0, 0.05) is 32.2 Å². The van der Waals surface area contributed by atoms with Gasteiger partial charge in [-0.05, 0) is 32.2 Å². The third-order valence-electron chi connectivity index (χ3n) is 5.50. The van der Waals surface area contributed by atoms with Gasteiger partial charge in [0.1, 0.15) is 0 Å². The molecule has 2 aliphatic heterocycles. The van der Waals surface area contributed by atoms with Crippen molar-refractivity contribution >= 4 is 5.91 Å². The van der Waals surface area contributed by atoms with Crippen LogP contribution in [0.25, 0.3) is 0 Å². The highest BCUT2D eigenvalue weighted by atomic mass is 16.5. The smallest absolute Gasteiger partial charge is 0.228 e. The second kappa shape index (κ2) is 6.63. The summed E-state index contributed by atoms with van der Waals surface area (Å²) in [4.78, 5) is 15.2.